The van der Waals surface area contributed by atoms with E-state index in [2.05, 4.69) is 10.6 Å². The Morgan fingerprint density at radius 2 is 2.36 bits per heavy atom. The number of rotatable bonds is 2. The largest absolute Gasteiger partial charge is 0.338 e. The van der Waals surface area contributed by atoms with Gasteiger partial charge in [0.1, 0.15) is 0 Å². The van der Waals surface area contributed by atoms with Crippen LogP contribution in [-0.2, 0) is 0 Å². The van der Waals surface area contributed by atoms with Gasteiger partial charge in [-0.2, -0.15) is 5.26 Å². The highest BCUT2D eigenvalue weighted by molar-refractivity contribution is 5.89. The Morgan fingerprint density at radius 1 is 1.57 bits per heavy atom. The third-order valence-electron chi connectivity index (χ3n) is 1.59. The van der Waals surface area contributed by atoms with Gasteiger partial charge in [-0.05, 0) is 25.1 Å². The molecule has 0 saturated heterocycles. The zero-order chi connectivity index (χ0) is 10.4. The minimum absolute atomic E-state index is 0.261. The fraction of sp³-hybridized carbons (Fsp3) is 0.200. The minimum Gasteiger partial charge on any atom is -0.338 e. The van der Waals surface area contributed by atoms with E-state index >= 15 is 0 Å². The fourth-order valence-corrected chi connectivity index (χ4v) is 1.00. The van der Waals surface area contributed by atoms with Crippen molar-refractivity contribution in [2.75, 3.05) is 11.9 Å². The molecule has 2 amide bonds. The Morgan fingerprint density at radius 3 is 3.00 bits per heavy atom. The van der Waals surface area contributed by atoms with E-state index in [-0.39, 0.29) is 6.03 Å². The first kappa shape index (κ1) is 10.1. The number of amides is 2. The summed E-state index contributed by atoms with van der Waals surface area (Å²) in [4.78, 5) is 11.1. The highest BCUT2D eigenvalue weighted by Crippen LogP contribution is 2.08. The third kappa shape index (κ3) is 2.79. The Labute approximate surface area is 82.5 Å². The molecule has 1 aromatic rings. The van der Waals surface area contributed by atoms with Crippen molar-refractivity contribution in [3.05, 3.63) is 29.8 Å². The van der Waals surface area contributed by atoms with Gasteiger partial charge in [-0.1, -0.05) is 6.07 Å². The maximum absolute atomic E-state index is 11.1. The van der Waals surface area contributed by atoms with Crippen LogP contribution in [0, 0.1) is 11.3 Å². The van der Waals surface area contributed by atoms with Crippen molar-refractivity contribution in [2.24, 2.45) is 0 Å². The predicted molar refractivity (Wildman–Crippen MR) is 53.9 cm³/mol. The molecule has 0 atom stereocenters. The smallest absolute Gasteiger partial charge is 0.319 e. The van der Waals surface area contributed by atoms with Crippen molar-refractivity contribution >= 4 is 11.7 Å². The zero-order valence-corrected chi connectivity index (χ0v) is 7.87. The fourth-order valence-electron chi connectivity index (χ4n) is 1.00. The number of hydrogen-bond donors (Lipinski definition) is 2. The molecule has 0 radical (unpaired) electrons. The quantitative estimate of drug-likeness (QED) is 0.743. The van der Waals surface area contributed by atoms with Crippen molar-refractivity contribution in [1.29, 1.82) is 5.26 Å². The van der Waals surface area contributed by atoms with Crippen molar-refractivity contribution < 1.29 is 4.79 Å². The summed E-state index contributed by atoms with van der Waals surface area (Å²) in [6.45, 7) is 2.41. The monoisotopic (exact) mass is 189 g/mol. The van der Waals surface area contributed by atoms with Gasteiger partial charge in [0.15, 0.2) is 0 Å². The summed E-state index contributed by atoms with van der Waals surface area (Å²) < 4.78 is 0. The van der Waals surface area contributed by atoms with E-state index in [1.165, 1.54) is 0 Å². The number of nitrogens with zero attached hydrogens (tertiary/aromatic N) is 1. The number of carbonyl (C=O) groups is 1. The summed E-state index contributed by atoms with van der Waals surface area (Å²) in [5, 5.41) is 13.8. The number of hydrogen-bond acceptors (Lipinski definition) is 2. The maximum atomic E-state index is 11.1. The molecular formula is C10H11N3O. The summed E-state index contributed by atoms with van der Waals surface area (Å²) >= 11 is 0. The lowest BCUT2D eigenvalue weighted by atomic mass is 10.2. The van der Waals surface area contributed by atoms with E-state index in [9.17, 15) is 4.79 Å². The molecule has 1 rings (SSSR count). The standard InChI is InChI=1S/C10H11N3O/c1-2-12-10(14)13-9-5-3-4-8(6-9)7-11/h3-6H,2H2,1H3,(H2,12,13,14). The molecule has 72 valence electrons. The van der Waals surface area contributed by atoms with Crippen molar-refractivity contribution in [3.8, 4) is 6.07 Å². The second-order valence-electron chi connectivity index (χ2n) is 2.68. The number of nitriles is 1. The molecule has 0 heterocycles. The maximum Gasteiger partial charge on any atom is 0.319 e. The third-order valence-corrected chi connectivity index (χ3v) is 1.59. The van der Waals surface area contributed by atoms with Crippen LogP contribution >= 0.6 is 0 Å². The van der Waals surface area contributed by atoms with Gasteiger partial charge in [0.2, 0.25) is 0 Å². The number of anilines is 1. The van der Waals surface area contributed by atoms with E-state index in [0.717, 1.165) is 0 Å². The van der Waals surface area contributed by atoms with Crippen LogP contribution in [0.1, 0.15) is 12.5 Å². The molecule has 0 fully saturated rings. The predicted octanol–water partition coefficient (Wildman–Crippen LogP) is 1.70. The van der Waals surface area contributed by atoms with Gasteiger partial charge in [-0.25, -0.2) is 4.79 Å². The van der Waals surface area contributed by atoms with Crippen LogP contribution in [0.5, 0.6) is 0 Å². The van der Waals surface area contributed by atoms with Crippen LogP contribution in [0.15, 0.2) is 24.3 Å². The molecule has 0 aliphatic rings. The first-order valence-corrected chi connectivity index (χ1v) is 4.31. The topological polar surface area (TPSA) is 64.9 Å². The lowest BCUT2D eigenvalue weighted by molar-refractivity contribution is 0.252. The summed E-state index contributed by atoms with van der Waals surface area (Å²) in [6.07, 6.45) is 0. The van der Waals surface area contributed by atoms with Crippen LogP contribution in [-0.4, -0.2) is 12.6 Å². The second kappa shape index (κ2) is 4.87. The SMILES string of the molecule is CCNC(=O)Nc1cccc(C#N)c1. The van der Waals surface area contributed by atoms with Crippen LogP contribution in [0.3, 0.4) is 0 Å². The lowest BCUT2D eigenvalue weighted by Gasteiger charge is -2.05. The summed E-state index contributed by atoms with van der Waals surface area (Å²) in [5.41, 5.74) is 1.15. The van der Waals surface area contributed by atoms with E-state index in [4.69, 9.17) is 5.26 Å². The Hall–Kier alpha value is -2.02. The molecule has 14 heavy (non-hydrogen) atoms. The molecule has 0 unspecified atom stereocenters. The highest BCUT2D eigenvalue weighted by atomic mass is 16.2. The van der Waals surface area contributed by atoms with Gasteiger partial charge in [0.25, 0.3) is 0 Å². The first-order valence-electron chi connectivity index (χ1n) is 4.31. The Balaban J connectivity index is 2.68. The molecule has 0 aromatic heterocycles. The molecule has 0 spiro atoms. The molecule has 1 aromatic carbocycles. The van der Waals surface area contributed by atoms with Gasteiger partial charge >= 0.3 is 6.03 Å². The Bertz CT molecular complexity index is 368. The van der Waals surface area contributed by atoms with E-state index in [1.807, 2.05) is 13.0 Å². The average molecular weight is 189 g/mol. The molecule has 0 bridgehead atoms. The van der Waals surface area contributed by atoms with E-state index in [1.54, 1.807) is 24.3 Å². The highest BCUT2D eigenvalue weighted by Gasteiger charge is 1.99. The molecule has 0 aliphatic carbocycles. The van der Waals surface area contributed by atoms with E-state index in [0.29, 0.717) is 17.8 Å². The number of nitrogens with one attached hydrogen (secondary N) is 2. The normalized spacial score (nSPS) is 8.86. The molecular weight excluding hydrogens is 178 g/mol. The van der Waals surface area contributed by atoms with Crippen molar-refractivity contribution in [1.82, 2.24) is 5.32 Å². The number of urea groups is 1. The molecule has 0 saturated carbocycles. The minimum atomic E-state index is -0.261. The Kier molecular flexibility index (Phi) is 3.50. The van der Waals surface area contributed by atoms with Crippen molar-refractivity contribution in [2.45, 2.75) is 6.92 Å². The summed E-state index contributed by atoms with van der Waals surface area (Å²) in [7, 11) is 0. The van der Waals surface area contributed by atoms with Crippen molar-refractivity contribution in [3.63, 3.8) is 0 Å². The zero-order valence-electron chi connectivity index (χ0n) is 7.87. The number of carbonyl (C=O) groups excluding carboxylic acids is 1. The average Bonchev–Trinajstić information content (AvgIpc) is 2.18. The van der Waals surface area contributed by atoms with Gasteiger partial charge in [0.05, 0.1) is 11.6 Å². The summed E-state index contributed by atoms with van der Waals surface area (Å²) in [5.74, 6) is 0. The van der Waals surface area contributed by atoms with Crippen LogP contribution in [0.2, 0.25) is 0 Å². The molecule has 0 aliphatic heterocycles. The lowest BCUT2D eigenvalue weighted by Crippen LogP contribution is -2.28. The van der Waals surface area contributed by atoms with Gasteiger partial charge in [-0.3, -0.25) is 0 Å². The molecule has 4 nitrogen and oxygen atoms in total. The second-order valence-corrected chi connectivity index (χ2v) is 2.68. The van der Waals surface area contributed by atoms with Gasteiger partial charge < -0.3 is 10.6 Å². The molecule has 2 N–H and O–H groups in total. The van der Waals surface area contributed by atoms with Gasteiger partial charge in [0, 0.05) is 12.2 Å². The number of benzene rings is 1. The van der Waals surface area contributed by atoms with Crippen LogP contribution in [0.4, 0.5) is 10.5 Å². The van der Waals surface area contributed by atoms with E-state index < -0.39 is 0 Å². The van der Waals surface area contributed by atoms with Gasteiger partial charge in [-0.15, -0.1) is 0 Å². The van der Waals surface area contributed by atoms with Crippen LogP contribution in [0.25, 0.3) is 0 Å². The summed E-state index contributed by atoms with van der Waals surface area (Å²) in [6, 6.07) is 8.50. The molecule has 4 heteroatoms. The first-order chi connectivity index (χ1) is 6.76. The van der Waals surface area contributed by atoms with Crippen LogP contribution < -0.4 is 10.6 Å².